The van der Waals surface area contributed by atoms with Gasteiger partial charge in [0.25, 0.3) is 0 Å². The van der Waals surface area contributed by atoms with E-state index in [0.29, 0.717) is 24.8 Å². The molecule has 1 saturated heterocycles. The second-order valence-electron chi connectivity index (χ2n) is 5.65. The van der Waals surface area contributed by atoms with E-state index >= 15 is 0 Å². The van der Waals surface area contributed by atoms with Crippen molar-refractivity contribution in [2.45, 2.75) is 32.6 Å². The highest BCUT2D eigenvalue weighted by atomic mass is 16.5. The lowest BCUT2D eigenvalue weighted by atomic mass is 9.94. The van der Waals surface area contributed by atoms with E-state index in [1.165, 1.54) is 0 Å². The number of pyridine rings is 1. The number of aromatic nitrogens is 3. The second-order valence-corrected chi connectivity index (χ2v) is 5.65. The summed E-state index contributed by atoms with van der Waals surface area (Å²) in [6.45, 7) is 5.46. The van der Waals surface area contributed by atoms with Crippen molar-refractivity contribution in [1.82, 2.24) is 20.0 Å². The molecule has 2 aromatic heterocycles. The lowest BCUT2D eigenvalue weighted by Gasteiger charge is -2.39. The Kier molecular flexibility index (Phi) is 4.18. The summed E-state index contributed by atoms with van der Waals surface area (Å²) in [6.07, 6.45) is 5.18. The molecule has 22 heavy (non-hydrogen) atoms. The van der Waals surface area contributed by atoms with Crippen LogP contribution in [0.3, 0.4) is 0 Å². The summed E-state index contributed by atoms with van der Waals surface area (Å²) in [5.74, 6) is 1.72. The van der Waals surface area contributed by atoms with E-state index in [9.17, 15) is 4.79 Å². The molecule has 3 rings (SSSR count). The zero-order valence-electron chi connectivity index (χ0n) is 12.9. The number of carbonyl (C=O) groups is 1. The van der Waals surface area contributed by atoms with Gasteiger partial charge in [0.15, 0.2) is 0 Å². The van der Waals surface area contributed by atoms with Crippen molar-refractivity contribution in [1.29, 1.82) is 0 Å². The Labute approximate surface area is 129 Å². The Morgan fingerprint density at radius 1 is 1.32 bits per heavy atom. The molecule has 0 N–H and O–H groups in total. The summed E-state index contributed by atoms with van der Waals surface area (Å²) < 4.78 is 5.34. The van der Waals surface area contributed by atoms with Gasteiger partial charge in [0, 0.05) is 37.0 Å². The van der Waals surface area contributed by atoms with Gasteiger partial charge in [-0.3, -0.25) is 9.78 Å². The standard InChI is InChI=1S/C16H20N4O2/c1-3-11(4-2)16(21)20-9-13(10-20)15-18-14(19-22-15)12-5-7-17-8-6-12/h5-8,11,13H,3-4,9-10H2,1-2H3. The minimum absolute atomic E-state index is 0.135. The zero-order chi connectivity index (χ0) is 15.5. The van der Waals surface area contributed by atoms with Gasteiger partial charge in [-0.05, 0) is 25.0 Å². The van der Waals surface area contributed by atoms with Gasteiger partial charge in [-0.1, -0.05) is 19.0 Å². The average molecular weight is 300 g/mol. The van der Waals surface area contributed by atoms with Gasteiger partial charge < -0.3 is 9.42 Å². The molecule has 2 aromatic rings. The minimum atomic E-state index is 0.135. The first-order valence-corrected chi connectivity index (χ1v) is 7.75. The Hall–Kier alpha value is -2.24. The molecular weight excluding hydrogens is 280 g/mol. The third-order valence-electron chi connectivity index (χ3n) is 4.26. The van der Waals surface area contributed by atoms with E-state index in [2.05, 4.69) is 29.0 Å². The highest BCUT2D eigenvalue weighted by Gasteiger charge is 2.37. The average Bonchev–Trinajstić information content (AvgIpc) is 2.97. The third-order valence-corrected chi connectivity index (χ3v) is 4.26. The number of hydrogen-bond acceptors (Lipinski definition) is 5. The molecule has 6 heteroatoms. The Balaban J connectivity index is 1.62. The van der Waals surface area contributed by atoms with E-state index in [0.717, 1.165) is 18.4 Å². The van der Waals surface area contributed by atoms with Crippen LogP contribution in [0.5, 0.6) is 0 Å². The summed E-state index contributed by atoms with van der Waals surface area (Å²) in [5.41, 5.74) is 0.884. The second kappa shape index (κ2) is 6.25. The molecule has 1 amide bonds. The summed E-state index contributed by atoms with van der Waals surface area (Å²) in [4.78, 5) is 22.5. The van der Waals surface area contributed by atoms with Gasteiger partial charge in [-0.2, -0.15) is 4.98 Å². The summed E-state index contributed by atoms with van der Waals surface area (Å²) in [5, 5.41) is 4.01. The summed E-state index contributed by atoms with van der Waals surface area (Å²) in [6, 6.07) is 3.69. The van der Waals surface area contributed by atoms with Crippen LogP contribution < -0.4 is 0 Å². The molecule has 0 spiro atoms. The van der Waals surface area contributed by atoms with E-state index < -0.39 is 0 Å². The maximum absolute atomic E-state index is 12.2. The van der Waals surface area contributed by atoms with Gasteiger partial charge in [0.2, 0.25) is 17.6 Å². The first kappa shape index (κ1) is 14.7. The highest BCUT2D eigenvalue weighted by molar-refractivity contribution is 5.79. The van der Waals surface area contributed by atoms with Crippen LogP contribution in [0.25, 0.3) is 11.4 Å². The smallest absolute Gasteiger partial charge is 0.233 e. The van der Waals surface area contributed by atoms with E-state index in [1.54, 1.807) is 12.4 Å². The Bertz CT molecular complexity index is 631. The van der Waals surface area contributed by atoms with Crippen molar-refractivity contribution in [2.24, 2.45) is 5.92 Å². The normalized spacial score (nSPS) is 15.1. The first-order valence-electron chi connectivity index (χ1n) is 7.75. The fourth-order valence-electron chi connectivity index (χ4n) is 2.73. The van der Waals surface area contributed by atoms with Crippen LogP contribution >= 0.6 is 0 Å². The van der Waals surface area contributed by atoms with Crippen LogP contribution in [0.4, 0.5) is 0 Å². The van der Waals surface area contributed by atoms with Crippen molar-refractivity contribution in [3.63, 3.8) is 0 Å². The fourth-order valence-corrected chi connectivity index (χ4v) is 2.73. The SMILES string of the molecule is CCC(CC)C(=O)N1CC(c2nc(-c3ccncc3)no2)C1. The van der Waals surface area contributed by atoms with Crippen LogP contribution in [0.15, 0.2) is 29.0 Å². The quantitative estimate of drug-likeness (QED) is 0.848. The largest absolute Gasteiger partial charge is 0.341 e. The van der Waals surface area contributed by atoms with Gasteiger partial charge in [0.05, 0.1) is 5.92 Å². The van der Waals surface area contributed by atoms with Crippen LogP contribution in [0.1, 0.15) is 38.5 Å². The number of nitrogens with zero attached hydrogens (tertiary/aromatic N) is 4. The Morgan fingerprint density at radius 3 is 2.64 bits per heavy atom. The number of carbonyl (C=O) groups excluding carboxylic acids is 1. The maximum Gasteiger partial charge on any atom is 0.233 e. The van der Waals surface area contributed by atoms with Crippen LogP contribution in [-0.4, -0.2) is 39.0 Å². The zero-order valence-corrected chi connectivity index (χ0v) is 12.9. The number of likely N-dealkylation sites (tertiary alicyclic amines) is 1. The van der Waals surface area contributed by atoms with Crippen LogP contribution in [0, 0.1) is 5.92 Å². The molecule has 1 aliphatic rings. The molecular formula is C16H20N4O2. The molecule has 0 unspecified atom stereocenters. The van der Waals surface area contributed by atoms with Crippen molar-refractivity contribution in [3.05, 3.63) is 30.4 Å². The van der Waals surface area contributed by atoms with Crippen molar-refractivity contribution < 1.29 is 9.32 Å². The summed E-state index contributed by atoms with van der Waals surface area (Å²) >= 11 is 0. The molecule has 0 bridgehead atoms. The summed E-state index contributed by atoms with van der Waals surface area (Å²) in [7, 11) is 0. The van der Waals surface area contributed by atoms with Gasteiger partial charge in [0.1, 0.15) is 0 Å². The molecule has 0 radical (unpaired) electrons. The molecule has 0 saturated carbocycles. The number of hydrogen-bond donors (Lipinski definition) is 0. The Morgan fingerprint density at radius 2 is 2.00 bits per heavy atom. The molecule has 0 aromatic carbocycles. The molecule has 1 fully saturated rings. The van der Waals surface area contributed by atoms with Gasteiger partial charge in [-0.15, -0.1) is 0 Å². The van der Waals surface area contributed by atoms with Gasteiger partial charge in [-0.25, -0.2) is 0 Å². The predicted octanol–water partition coefficient (Wildman–Crippen LogP) is 2.49. The molecule has 116 valence electrons. The first-order chi connectivity index (χ1) is 10.7. The maximum atomic E-state index is 12.2. The van der Waals surface area contributed by atoms with E-state index in [4.69, 9.17) is 4.52 Å². The minimum Gasteiger partial charge on any atom is -0.341 e. The van der Waals surface area contributed by atoms with Crippen LogP contribution in [-0.2, 0) is 4.79 Å². The topological polar surface area (TPSA) is 72.1 Å². The van der Waals surface area contributed by atoms with E-state index in [-0.39, 0.29) is 17.7 Å². The van der Waals surface area contributed by atoms with Crippen molar-refractivity contribution in [2.75, 3.05) is 13.1 Å². The number of amides is 1. The molecule has 6 nitrogen and oxygen atoms in total. The molecule has 1 aliphatic heterocycles. The lowest BCUT2D eigenvalue weighted by Crippen LogP contribution is -2.50. The monoisotopic (exact) mass is 300 g/mol. The van der Waals surface area contributed by atoms with E-state index in [1.807, 2.05) is 17.0 Å². The van der Waals surface area contributed by atoms with Crippen molar-refractivity contribution >= 4 is 5.91 Å². The molecule has 3 heterocycles. The van der Waals surface area contributed by atoms with Gasteiger partial charge >= 0.3 is 0 Å². The molecule has 0 atom stereocenters. The lowest BCUT2D eigenvalue weighted by molar-refractivity contribution is -0.140. The highest BCUT2D eigenvalue weighted by Crippen LogP contribution is 2.29. The van der Waals surface area contributed by atoms with Crippen LogP contribution in [0.2, 0.25) is 0 Å². The predicted molar refractivity (Wildman–Crippen MR) is 80.9 cm³/mol. The molecule has 0 aliphatic carbocycles. The fraction of sp³-hybridized carbons (Fsp3) is 0.500. The van der Waals surface area contributed by atoms with Crippen molar-refractivity contribution in [3.8, 4) is 11.4 Å². The number of rotatable bonds is 5. The third kappa shape index (κ3) is 2.73.